The molecule has 1 aromatic rings. The van der Waals surface area contributed by atoms with Gasteiger partial charge in [0.1, 0.15) is 0 Å². The summed E-state index contributed by atoms with van der Waals surface area (Å²) in [5.41, 5.74) is 4.42. The third-order valence-electron chi connectivity index (χ3n) is 2.82. The van der Waals surface area contributed by atoms with Gasteiger partial charge in [-0.05, 0) is 17.7 Å². The Morgan fingerprint density at radius 1 is 1.21 bits per heavy atom. The molecule has 2 rings (SSSR count). The Bertz CT molecular complexity index is 462. The molecule has 0 aromatic heterocycles. The molecule has 3 N–H and O–H groups in total. The lowest BCUT2D eigenvalue weighted by molar-refractivity contribution is -0.138. The zero-order chi connectivity index (χ0) is 14.0. The summed E-state index contributed by atoms with van der Waals surface area (Å²) in [5.74, 6) is 0.281. The lowest BCUT2D eigenvalue weighted by Gasteiger charge is -2.19. The zero-order valence-corrected chi connectivity index (χ0v) is 10.0. The number of hydrogen-bond acceptors (Lipinski definition) is 4. The second-order valence-electron chi connectivity index (χ2n) is 4.22. The third-order valence-corrected chi connectivity index (χ3v) is 2.82. The molecule has 1 heterocycles. The first-order valence-corrected chi connectivity index (χ1v) is 5.80. The fraction of sp³-hybridized carbons (Fsp3) is 0.500. The topological polar surface area (TPSA) is 64.7 Å². The standard InChI is InChI=1S/C12H14F3NO3/c13-12(14,15)8-5-11-10(18-2-1-3-19-11)4-7(8)9(16)6-17/h4-5,9,17H,1-3,6,16H2. The SMILES string of the molecule is NC(CO)c1cc2c(cc1C(F)(F)F)OCCCO2. The number of hydrogen-bond donors (Lipinski definition) is 2. The van der Waals surface area contributed by atoms with Gasteiger partial charge in [0.15, 0.2) is 11.5 Å². The molecule has 0 radical (unpaired) electrons. The summed E-state index contributed by atoms with van der Waals surface area (Å²) in [6.45, 7) is 0.0879. The molecular weight excluding hydrogens is 263 g/mol. The summed E-state index contributed by atoms with van der Waals surface area (Å²) in [6.07, 6.45) is -3.97. The van der Waals surface area contributed by atoms with Crippen molar-refractivity contribution in [3.8, 4) is 11.5 Å². The number of nitrogens with two attached hydrogens (primary N) is 1. The van der Waals surface area contributed by atoms with Crippen molar-refractivity contribution in [3.63, 3.8) is 0 Å². The maximum Gasteiger partial charge on any atom is 0.416 e. The van der Waals surface area contributed by atoms with Crippen LogP contribution in [-0.2, 0) is 6.18 Å². The predicted octanol–water partition coefficient (Wildman–Crippen LogP) is 1.86. The quantitative estimate of drug-likeness (QED) is 0.866. The average Bonchev–Trinajstić information content (AvgIpc) is 2.59. The molecular formula is C12H14F3NO3. The molecule has 19 heavy (non-hydrogen) atoms. The Morgan fingerprint density at radius 2 is 1.79 bits per heavy atom. The second kappa shape index (κ2) is 5.26. The highest BCUT2D eigenvalue weighted by atomic mass is 19.4. The van der Waals surface area contributed by atoms with Crippen LogP contribution in [0, 0.1) is 0 Å². The first-order chi connectivity index (χ1) is 8.93. The molecule has 0 bridgehead atoms. The number of rotatable bonds is 2. The van der Waals surface area contributed by atoms with Crippen LogP contribution < -0.4 is 15.2 Å². The first-order valence-electron chi connectivity index (χ1n) is 5.80. The molecule has 0 amide bonds. The van der Waals surface area contributed by atoms with E-state index in [-0.39, 0.29) is 17.1 Å². The summed E-state index contributed by atoms with van der Waals surface area (Å²) in [5, 5.41) is 8.97. The van der Waals surface area contributed by atoms with Gasteiger partial charge in [-0.25, -0.2) is 0 Å². The van der Waals surface area contributed by atoms with Gasteiger partial charge >= 0.3 is 6.18 Å². The number of fused-ring (bicyclic) bond motifs is 1. The number of alkyl halides is 3. The van der Waals surface area contributed by atoms with Crippen molar-refractivity contribution in [2.75, 3.05) is 19.8 Å². The van der Waals surface area contributed by atoms with Crippen LogP contribution in [0.4, 0.5) is 13.2 Å². The van der Waals surface area contributed by atoms with Crippen molar-refractivity contribution in [2.24, 2.45) is 5.73 Å². The van der Waals surface area contributed by atoms with Crippen molar-refractivity contribution in [2.45, 2.75) is 18.6 Å². The fourth-order valence-corrected chi connectivity index (χ4v) is 1.88. The predicted molar refractivity (Wildman–Crippen MR) is 61.1 cm³/mol. The van der Waals surface area contributed by atoms with E-state index >= 15 is 0 Å². The van der Waals surface area contributed by atoms with Crippen LogP contribution in [-0.4, -0.2) is 24.9 Å². The Balaban J connectivity index is 2.54. The van der Waals surface area contributed by atoms with Crippen molar-refractivity contribution in [1.82, 2.24) is 0 Å². The third kappa shape index (κ3) is 2.93. The smallest absolute Gasteiger partial charge is 0.416 e. The van der Waals surface area contributed by atoms with Crippen LogP contribution >= 0.6 is 0 Å². The number of ether oxygens (including phenoxy) is 2. The Morgan fingerprint density at radius 3 is 2.32 bits per heavy atom. The van der Waals surface area contributed by atoms with Crippen LogP contribution in [0.3, 0.4) is 0 Å². The van der Waals surface area contributed by atoms with E-state index < -0.39 is 24.4 Å². The molecule has 0 saturated carbocycles. The normalized spacial score (nSPS) is 16.9. The van der Waals surface area contributed by atoms with Gasteiger partial charge in [0.25, 0.3) is 0 Å². The second-order valence-corrected chi connectivity index (χ2v) is 4.22. The van der Waals surface area contributed by atoms with Gasteiger partial charge in [-0.3, -0.25) is 0 Å². The van der Waals surface area contributed by atoms with Gasteiger partial charge < -0.3 is 20.3 Å². The van der Waals surface area contributed by atoms with E-state index in [2.05, 4.69) is 0 Å². The van der Waals surface area contributed by atoms with E-state index in [1.165, 1.54) is 6.07 Å². The van der Waals surface area contributed by atoms with E-state index in [0.29, 0.717) is 19.6 Å². The molecule has 1 aliphatic rings. The van der Waals surface area contributed by atoms with Crippen molar-refractivity contribution < 1.29 is 27.8 Å². The van der Waals surface area contributed by atoms with Gasteiger partial charge in [-0.1, -0.05) is 0 Å². The maximum atomic E-state index is 13.0. The Labute approximate surface area is 107 Å². The monoisotopic (exact) mass is 277 g/mol. The fourth-order valence-electron chi connectivity index (χ4n) is 1.88. The number of halogens is 3. The minimum Gasteiger partial charge on any atom is -0.490 e. The maximum absolute atomic E-state index is 13.0. The van der Waals surface area contributed by atoms with Crippen LogP contribution in [0.2, 0.25) is 0 Å². The highest BCUT2D eigenvalue weighted by molar-refractivity contribution is 5.49. The average molecular weight is 277 g/mol. The highest BCUT2D eigenvalue weighted by Gasteiger charge is 2.36. The van der Waals surface area contributed by atoms with Crippen molar-refractivity contribution in [1.29, 1.82) is 0 Å². The van der Waals surface area contributed by atoms with E-state index in [9.17, 15) is 13.2 Å². The van der Waals surface area contributed by atoms with E-state index in [1.807, 2.05) is 0 Å². The highest BCUT2D eigenvalue weighted by Crippen LogP contribution is 2.41. The van der Waals surface area contributed by atoms with Crippen LogP contribution in [0.5, 0.6) is 11.5 Å². The van der Waals surface area contributed by atoms with E-state index in [1.54, 1.807) is 0 Å². The van der Waals surface area contributed by atoms with Gasteiger partial charge in [-0.2, -0.15) is 13.2 Å². The van der Waals surface area contributed by atoms with Gasteiger partial charge in [-0.15, -0.1) is 0 Å². The number of aliphatic hydroxyl groups excluding tert-OH is 1. The summed E-state index contributed by atoms with van der Waals surface area (Å²) in [4.78, 5) is 0. The van der Waals surface area contributed by atoms with E-state index in [0.717, 1.165) is 6.07 Å². The lowest BCUT2D eigenvalue weighted by Crippen LogP contribution is -2.20. The molecule has 1 unspecified atom stereocenters. The van der Waals surface area contributed by atoms with Crippen molar-refractivity contribution in [3.05, 3.63) is 23.3 Å². The van der Waals surface area contributed by atoms with Crippen LogP contribution in [0.25, 0.3) is 0 Å². The molecule has 1 aromatic carbocycles. The summed E-state index contributed by atoms with van der Waals surface area (Å²) >= 11 is 0. The molecule has 4 nitrogen and oxygen atoms in total. The minimum absolute atomic E-state index is 0.0544. The zero-order valence-electron chi connectivity index (χ0n) is 10.0. The van der Waals surface area contributed by atoms with E-state index in [4.69, 9.17) is 20.3 Å². The number of benzene rings is 1. The molecule has 7 heteroatoms. The van der Waals surface area contributed by atoms with Crippen LogP contribution in [0.1, 0.15) is 23.6 Å². The largest absolute Gasteiger partial charge is 0.490 e. The van der Waals surface area contributed by atoms with Gasteiger partial charge in [0, 0.05) is 6.42 Å². The lowest BCUT2D eigenvalue weighted by atomic mass is 10.00. The molecule has 1 aliphatic heterocycles. The van der Waals surface area contributed by atoms with Crippen molar-refractivity contribution >= 4 is 0 Å². The molecule has 0 saturated heterocycles. The van der Waals surface area contributed by atoms with Gasteiger partial charge in [0.2, 0.25) is 0 Å². The number of aliphatic hydroxyl groups is 1. The first kappa shape index (κ1) is 14.0. The summed E-state index contributed by atoms with van der Waals surface area (Å²) < 4.78 is 49.5. The molecule has 106 valence electrons. The van der Waals surface area contributed by atoms with Crippen LogP contribution in [0.15, 0.2) is 12.1 Å². The molecule has 0 fully saturated rings. The summed E-state index contributed by atoms with van der Waals surface area (Å²) in [6, 6.07) is 0.962. The Kier molecular flexibility index (Phi) is 3.86. The molecule has 0 aliphatic carbocycles. The van der Waals surface area contributed by atoms with Gasteiger partial charge in [0.05, 0.1) is 31.4 Å². The Hall–Kier alpha value is -1.47. The molecule has 1 atom stereocenters. The molecule has 0 spiro atoms. The summed E-state index contributed by atoms with van der Waals surface area (Å²) in [7, 11) is 0. The minimum atomic E-state index is -4.56.